The Morgan fingerprint density at radius 1 is 1.08 bits per heavy atom. The summed E-state index contributed by atoms with van der Waals surface area (Å²) in [5, 5.41) is 0. The van der Waals surface area contributed by atoms with Crippen molar-refractivity contribution in [2.75, 3.05) is 13.1 Å². The molecule has 0 N–H and O–H groups in total. The molecule has 70 valence electrons. The molecule has 1 fully saturated rings. The number of hydrogen-bond donors (Lipinski definition) is 0. The zero-order valence-electron chi connectivity index (χ0n) is 8.47. The van der Waals surface area contributed by atoms with Crippen LogP contribution in [0.4, 0.5) is 0 Å². The Kier molecular flexibility index (Phi) is 4.20. The molecule has 1 saturated carbocycles. The average Bonchev–Trinajstić information content (AvgIpc) is 2.16. The van der Waals surface area contributed by atoms with Crippen molar-refractivity contribution in [1.29, 1.82) is 0 Å². The molecule has 0 aromatic carbocycles. The Labute approximate surface area is 76.5 Å². The van der Waals surface area contributed by atoms with E-state index in [1.165, 1.54) is 32.1 Å². The van der Waals surface area contributed by atoms with Gasteiger partial charge in [0, 0.05) is 13.1 Å². The van der Waals surface area contributed by atoms with Crippen molar-refractivity contribution >= 4 is 0 Å². The van der Waals surface area contributed by atoms with E-state index in [2.05, 4.69) is 24.9 Å². The van der Waals surface area contributed by atoms with E-state index in [4.69, 9.17) is 0 Å². The molecule has 0 bridgehead atoms. The monoisotopic (exact) mass is 167 g/mol. The number of rotatable bonds is 3. The molecule has 0 aromatic rings. The van der Waals surface area contributed by atoms with E-state index in [-0.39, 0.29) is 0 Å². The fourth-order valence-electron chi connectivity index (χ4n) is 1.80. The first-order valence-corrected chi connectivity index (χ1v) is 5.30. The van der Waals surface area contributed by atoms with Gasteiger partial charge in [-0.05, 0) is 45.7 Å². The minimum absolute atomic E-state index is 1.15. The van der Waals surface area contributed by atoms with Gasteiger partial charge in [0.1, 0.15) is 0 Å². The van der Waals surface area contributed by atoms with Gasteiger partial charge in [0.15, 0.2) is 0 Å². The molecule has 1 nitrogen and oxygen atoms in total. The van der Waals surface area contributed by atoms with Crippen molar-refractivity contribution in [3.63, 3.8) is 0 Å². The first-order valence-electron chi connectivity index (χ1n) is 5.30. The molecule has 1 heteroatoms. The molecule has 0 radical (unpaired) electrons. The van der Waals surface area contributed by atoms with Crippen LogP contribution < -0.4 is 0 Å². The molecular weight excluding hydrogens is 146 g/mol. The lowest BCUT2D eigenvalue weighted by atomic mass is 9.96. The van der Waals surface area contributed by atoms with Gasteiger partial charge in [-0.1, -0.05) is 12.0 Å². The summed E-state index contributed by atoms with van der Waals surface area (Å²) in [6.45, 7) is 6.76. The fraction of sp³-hybridized carbons (Fsp3) is 0.818. The van der Waals surface area contributed by atoms with Crippen LogP contribution in [0.3, 0.4) is 0 Å². The highest BCUT2D eigenvalue weighted by Crippen LogP contribution is 2.22. The van der Waals surface area contributed by atoms with Crippen LogP contribution in [0.1, 0.15) is 46.0 Å². The van der Waals surface area contributed by atoms with E-state index in [0.717, 1.165) is 13.1 Å². The maximum atomic E-state index is 2.40. The van der Waals surface area contributed by atoms with Gasteiger partial charge >= 0.3 is 0 Å². The summed E-state index contributed by atoms with van der Waals surface area (Å²) in [7, 11) is 0. The third kappa shape index (κ3) is 2.88. The van der Waals surface area contributed by atoms with Crippen LogP contribution in [0.15, 0.2) is 11.8 Å². The Hall–Kier alpha value is -0.460. The van der Waals surface area contributed by atoms with Crippen molar-refractivity contribution in [1.82, 2.24) is 4.90 Å². The highest BCUT2D eigenvalue weighted by Gasteiger charge is 2.05. The van der Waals surface area contributed by atoms with E-state index in [9.17, 15) is 0 Å². The van der Waals surface area contributed by atoms with E-state index < -0.39 is 0 Å². The van der Waals surface area contributed by atoms with Crippen LogP contribution in [0.2, 0.25) is 0 Å². The number of allylic oxidation sites excluding steroid dienone is 1. The van der Waals surface area contributed by atoms with Gasteiger partial charge < -0.3 is 4.90 Å². The minimum Gasteiger partial charge on any atom is -0.378 e. The lowest BCUT2D eigenvalue weighted by Gasteiger charge is -2.20. The van der Waals surface area contributed by atoms with Crippen molar-refractivity contribution in [3.05, 3.63) is 11.8 Å². The van der Waals surface area contributed by atoms with Crippen LogP contribution in [0.5, 0.6) is 0 Å². The van der Waals surface area contributed by atoms with Crippen molar-refractivity contribution in [2.24, 2.45) is 0 Å². The molecule has 0 heterocycles. The molecule has 0 aromatic heterocycles. The van der Waals surface area contributed by atoms with Gasteiger partial charge in [-0.3, -0.25) is 0 Å². The Balaban J connectivity index is 2.41. The predicted molar refractivity (Wildman–Crippen MR) is 54.1 cm³/mol. The molecular formula is C11H21N. The zero-order chi connectivity index (χ0) is 8.81. The first kappa shape index (κ1) is 9.63. The molecule has 0 amide bonds. The standard InChI is InChI=1S/C11H21N/c1-3-12(4-2)10-11-8-6-5-7-9-11/h10H,3-9H2,1-2H3. The van der Waals surface area contributed by atoms with Crippen LogP contribution in [-0.4, -0.2) is 18.0 Å². The highest BCUT2D eigenvalue weighted by atomic mass is 15.1. The summed E-state index contributed by atoms with van der Waals surface area (Å²) in [6, 6.07) is 0. The van der Waals surface area contributed by atoms with E-state index >= 15 is 0 Å². The smallest absolute Gasteiger partial charge is 0.0143 e. The summed E-state index contributed by atoms with van der Waals surface area (Å²) < 4.78 is 0. The maximum Gasteiger partial charge on any atom is 0.0143 e. The number of hydrogen-bond acceptors (Lipinski definition) is 1. The summed E-state index contributed by atoms with van der Waals surface area (Å²) in [4.78, 5) is 2.40. The molecule has 1 rings (SSSR count). The van der Waals surface area contributed by atoms with E-state index in [0.29, 0.717) is 0 Å². The van der Waals surface area contributed by atoms with Crippen molar-refractivity contribution < 1.29 is 0 Å². The van der Waals surface area contributed by atoms with Crippen molar-refractivity contribution in [3.8, 4) is 0 Å². The SMILES string of the molecule is CCN(C=C1CCCCC1)CC. The molecule has 0 unspecified atom stereocenters. The molecule has 0 spiro atoms. The van der Waals surface area contributed by atoms with Gasteiger partial charge in [0.25, 0.3) is 0 Å². The third-order valence-corrected chi connectivity index (χ3v) is 2.67. The quantitative estimate of drug-likeness (QED) is 0.624. The van der Waals surface area contributed by atoms with Gasteiger partial charge in [-0.2, -0.15) is 0 Å². The molecule has 0 saturated heterocycles. The number of nitrogens with zero attached hydrogens (tertiary/aromatic N) is 1. The first-order chi connectivity index (χ1) is 5.86. The van der Waals surface area contributed by atoms with Crippen LogP contribution >= 0.6 is 0 Å². The summed E-state index contributed by atoms with van der Waals surface area (Å²) in [5.41, 5.74) is 1.67. The average molecular weight is 167 g/mol. The topological polar surface area (TPSA) is 3.24 Å². The molecule has 0 aliphatic heterocycles. The Morgan fingerprint density at radius 3 is 2.17 bits per heavy atom. The van der Waals surface area contributed by atoms with E-state index in [1.807, 2.05) is 0 Å². The lowest BCUT2D eigenvalue weighted by Crippen LogP contribution is -2.16. The van der Waals surface area contributed by atoms with Crippen molar-refractivity contribution in [2.45, 2.75) is 46.0 Å². The summed E-state index contributed by atoms with van der Waals surface area (Å²) >= 11 is 0. The van der Waals surface area contributed by atoms with Crippen LogP contribution in [0, 0.1) is 0 Å². The van der Waals surface area contributed by atoms with Gasteiger partial charge in [-0.25, -0.2) is 0 Å². The third-order valence-electron chi connectivity index (χ3n) is 2.67. The molecule has 12 heavy (non-hydrogen) atoms. The minimum atomic E-state index is 1.15. The summed E-state index contributed by atoms with van der Waals surface area (Å²) in [6.07, 6.45) is 9.34. The highest BCUT2D eigenvalue weighted by molar-refractivity contribution is 5.03. The normalized spacial score (nSPS) is 17.7. The second kappa shape index (κ2) is 5.23. The zero-order valence-corrected chi connectivity index (χ0v) is 8.47. The molecule has 0 atom stereocenters. The molecule has 1 aliphatic rings. The predicted octanol–water partition coefficient (Wildman–Crippen LogP) is 3.18. The van der Waals surface area contributed by atoms with E-state index in [1.54, 1.807) is 5.57 Å². The van der Waals surface area contributed by atoms with Gasteiger partial charge in [0.2, 0.25) is 0 Å². The maximum absolute atomic E-state index is 2.40. The van der Waals surface area contributed by atoms with Gasteiger partial charge in [0.05, 0.1) is 0 Å². The fourth-order valence-corrected chi connectivity index (χ4v) is 1.80. The molecule has 1 aliphatic carbocycles. The second-order valence-corrected chi connectivity index (χ2v) is 3.57. The van der Waals surface area contributed by atoms with Crippen LogP contribution in [-0.2, 0) is 0 Å². The second-order valence-electron chi connectivity index (χ2n) is 3.57. The Morgan fingerprint density at radius 2 is 1.67 bits per heavy atom. The largest absolute Gasteiger partial charge is 0.378 e. The van der Waals surface area contributed by atoms with Crippen LogP contribution in [0.25, 0.3) is 0 Å². The summed E-state index contributed by atoms with van der Waals surface area (Å²) in [5.74, 6) is 0. The Bertz CT molecular complexity index is 137. The van der Waals surface area contributed by atoms with Gasteiger partial charge in [-0.15, -0.1) is 0 Å². The lowest BCUT2D eigenvalue weighted by molar-refractivity contribution is 0.408.